The third-order valence-corrected chi connectivity index (χ3v) is 6.76. The Kier molecular flexibility index (Phi) is 2.62. The smallest absolute Gasteiger partial charge is 0.179 e. The first-order chi connectivity index (χ1) is 11.6. The molecule has 0 radical (unpaired) electrons. The fourth-order valence-corrected chi connectivity index (χ4v) is 6.07. The summed E-state index contributed by atoms with van der Waals surface area (Å²) in [6.07, 6.45) is 4.17. The number of nitrogens with zero attached hydrogens (tertiary/aromatic N) is 2. The molecule has 2 heterocycles. The topological polar surface area (TPSA) is 62.6 Å². The Bertz CT molecular complexity index is 799. The highest BCUT2D eigenvalue weighted by Gasteiger charge is 2.67. The van der Waals surface area contributed by atoms with Crippen LogP contribution in [0.4, 0.5) is 0 Å². The summed E-state index contributed by atoms with van der Waals surface area (Å²) in [5, 5.41) is 9.60. The summed E-state index contributed by atoms with van der Waals surface area (Å²) < 4.78 is 11.8. The molecule has 1 saturated heterocycles. The number of benzene rings is 1. The van der Waals surface area contributed by atoms with E-state index in [9.17, 15) is 10.1 Å². The zero-order valence-corrected chi connectivity index (χ0v) is 13.9. The van der Waals surface area contributed by atoms with Crippen LogP contribution in [0.2, 0.25) is 0 Å². The van der Waals surface area contributed by atoms with E-state index in [1.807, 2.05) is 11.0 Å². The van der Waals surface area contributed by atoms with Crippen molar-refractivity contribution >= 4 is 5.78 Å². The minimum Gasteiger partial charge on any atom is -0.493 e. The van der Waals surface area contributed by atoms with Gasteiger partial charge >= 0.3 is 0 Å². The van der Waals surface area contributed by atoms with Crippen LogP contribution in [-0.2, 0) is 16.6 Å². The SMILES string of the molecule is COc1ccc2c3c1O[C@H]1C(=O)C[C@H](C)[C@H]4[C@@H](C2)N(C#N)CC[C@@]341. The lowest BCUT2D eigenvalue weighted by atomic mass is 9.49. The molecule has 1 aromatic carbocycles. The number of Topliss-reactive ketones (excluding diaryl/α,β-unsaturated/α-hetero) is 1. The van der Waals surface area contributed by atoms with Crippen molar-refractivity contribution in [3.8, 4) is 17.7 Å². The summed E-state index contributed by atoms with van der Waals surface area (Å²) in [6.45, 7) is 2.87. The molecule has 124 valence electrons. The van der Waals surface area contributed by atoms with E-state index < -0.39 is 6.10 Å². The molecule has 1 saturated carbocycles. The van der Waals surface area contributed by atoms with Crippen LogP contribution >= 0.6 is 0 Å². The van der Waals surface area contributed by atoms with E-state index in [1.54, 1.807) is 7.11 Å². The number of hydrogen-bond donors (Lipinski definition) is 0. The number of carbonyl (C=O) groups is 1. The maximum absolute atomic E-state index is 12.8. The maximum atomic E-state index is 12.8. The molecule has 5 heteroatoms. The molecule has 4 aliphatic rings. The number of likely N-dealkylation sites (tertiary alicyclic amines) is 1. The predicted octanol–water partition coefficient (Wildman–Crippen LogP) is 2.03. The predicted molar refractivity (Wildman–Crippen MR) is 85.8 cm³/mol. The second-order valence-electron chi connectivity index (χ2n) is 7.66. The third kappa shape index (κ3) is 1.39. The molecule has 2 aliphatic carbocycles. The first kappa shape index (κ1) is 14.2. The lowest BCUT2D eigenvalue weighted by Crippen LogP contribution is -2.67. The van der Waals surface area contributed by atoms with Crippen LogP contribution in [0.25, 0.3) is 0 Å². The fourth-order valence-electron chi connectivity index (χ4n) is 6.07. The minimum atomic E-state index is -0.410. The van der Waals surface area contributed by atoms with Crippen LogP contribution in [0.3, 0.4) is 0 Å². The summed E-state index contributed by atoms with van der Waals surface area (Å²) in [4.78, 5) is 14.8. The first-order valence-electron chi connectivity index (χ1n) is 8.68. The van der Waals surface area contributed by atoms with E-state index in [1.165, 1.54) is 11.1 Å². The molecule has 0 unspecified atom stereocenters. The minimum absolute atomic E-state index is 0.171. The molecular weight excluding hydrogens is 304 g/mol. The molecule has 0 N–H and O–H groups in total. The van der Waals surface area contributed by atoms with Crippen molar-refractivity contribution in [2.24, 2.45) is 11.8 Å². The zero-order chi connectivity index (χ0) is 16.6. The first-order valence-corrected chi connectivity index (χ1v) is 8.68. The van der Waals surface area contributed by atoms with Crippen LogP contribution in [0.1, 0.15) is 30.9 Å². The summed E-state index contributed by atoms with van der Waals surface area (Å²) >= 11 is 0. The molecular formula is C19H20N2O3. The van der Waals surface area contributed by atoms with Crippen molar-refractivity contribution in [3.05, 3.63) is 23.3 Å². The van der Waals surface area contributed by atoms with E-state index >= 15 is 0 Å². The number of nitriles is 1. The van der Waals surface area contributed by atoms with Crippen LogP contribution in [0, 0.1) is 23.3 Å². The van der Waals surface area contributed by atoms with Gasteiger partial charge < -0.3 is 14.4 Å². The zero-order valence-electron chi connectivity index (χ0n) is 13.9. The van der Waals surface area contributed by atoms with Crippen LogP contribution < -0.4 is 9.47 Å². The third-order valence-electron chi connectivity index (χ3n) is 6.76. The lowest BCUT2D eigenvalue weighted by Gasteiger charge is -2.58. The summed E-state index contributed by atoms with van der Waals surface area (Å²) in [5.74, 6) is 2.25. The lowest BCUT2D eigenvalue weighted by molar-refractivity contribution is -0.142. The monoisotopic (exact) mass is 324 g/mol. The van der Waals surface area contributed by atoms with Crippen molar-refractivity contribution < 1.29 is 14.3 Å². The highest BCUT2D eigenvalue weighted by molar-refractivity contribution is 5.89. The molecule has 5 atom stereocenters. The fraction of sp³-hybridized carbons (Fsp3) is 0.579. The van der Waals surface area contributed by atoms with Crippen molar-refractivity contribution in [1.82, 2.24) is 4.90 Å². The Balaban J connectivity index is 1.81. The molecule has 2 bridgehead atoms. The number of piperidine rings is 1. The van der Waals surface area contributed by atoms with E-state index in [2.05, 4.69) is 19.2 Å². The van der Waals surface area contributed by atoms with Gasteiger partial charge in [-0.05, 0) is 36.3 Å². The van der Waals surface area contributed by atoms with Gasteiger partial charge in [-0.3, -0.25) is 4.79 Å². The van der Waals surface area contributed by atoms with Gasteiger partial charge in [0.25, 0.3) is 0 Å². The molecule has 2 aliphatic heterocycles. The average molecular weight is 324 g/mol. The van der Waals surface area contributed by atoms with E-state index in [0.717, 1.165) is 24.3 Å². The quantitative estimate of drug-likeness (QED) is 0.740. The summed E-state index contributed by atoms with van der Waals surface area (Å²) in [7, 11) is 1.65. The highest BCUT2D eigenvalue weighted by Crippen LogP contribution is 2.64. The van der Waals surface area contributed by atoms with E-state index in [-0.39, 0.29) is 29.1 Å². The normalized spacial score (nSPS) is 38.2. The van der Waals surface area contributed by atoms with Gasteiger partial charge in [0.15, 0.2) is 29.6 Å². The van der Waals surface area contributed by atoms with Gasteiger partial charge in [0.2, 0.25) is 0 Å². The molecule has 2 fully saturated rings. The molecule has 24 heavy (non-hydrogen) atoms. The molecule has 5 nitrogen and oxygen atoms in total. The van der Waals surface area contributed by atoms with Crippen molar-refractivity contribution in [2.45, 2.75) is 43.7 Å². The standard InChI is InChI=1S/C19H20N2O3/c1-10-7-13(22)18-19-5-6-21(9-20)12(15(10)19)8-11-3-4-14(23-2)17(24-18)16(11)19/h3-4,10,12,15,18H,5-8H2,1-2H3/t10-,12+,15-,18-,19-/m0/s1. The van der Waals surface area contributed by atoms with Gasteiger partial charge in [0.05, 0.1) is 12.5 Å². The molecule has 1 spiro atoms. The molecule has 5 rings (SSSR count). The largest absolute Gasteiger partial charge is 0.493 e. The number of carbonyl (C=O) groups excluding carboxylic acids is 1. The number of ether oxygens (including phenoxy) is 2. The molecule has 0 amide bonds. The number of hydrogen-bond acceptors (Lipinski definition) is 5. The number of ketones is 1. The van der Waals surface area contributed by atoms with Gasteiger partial charge in [0, 0.05) is 24.6 Å². The number of rotatable bonds is 1. The second kappa shape index (κ2) is 4.44. The Morgan fingerprint density at radius 2 is 2.25 bits per heavy atom. The van der Waals surface area contributed by atoms with Crippen LogP contribution in [-0.4, -0.2) is 36.5 Å². The van der Waals surface area contributed by atoms with E-state index in [4.69, 9.17) is 9.47 Å². The average Bonchev–Trinajstić information content (AvgIpc) is 2.91. The maximum Gasteiger partial charge on any atom is 0.179 e. The summed E-state index contributed by atoms with van der Waals surface area (Å²) in [5.41, 5.74) is 2.14. The Morgan fingerprint density at radius 1 is 1.42 bits per heavy atom. The van der Waals surface area contributed by atoms with Gasteiger partial charge in [0.1, 0.15) is 0 Å². The Hall–Kier alpha value is -2.22. The van der Waals surface area contributed by atoms with Crippen LogP contribution in [0.5, 0.6) is 11.5 Å². The van der Waals surface area contributed by atoms with Gasteiger partial charge in [-0.1, -0.05) is 13.0 Å². The second-order valence-corrected chi connectivity index (χ2v) is 7.66. The van der Waals surface area contributed by atoms with Gasteiger partial charge in [-0.2, -0.15) is 5.26 Å². The van der Waals surface area contributed by atoms with Crippen molar-refractivity contribution in [2.75, 3.05) is 13.7 Å². The Morgan fingerprint density at radius 3 is 3.00 bits per heavy atom. The van der Waals surface area contributed by atoms with Gasteiger partial charge in [-0.15, -0.1) is 0 Å². The van der Waals surface area contributed by atoms with Crippen molar-refractivity contribution in [3.63, 3.8) is 0 Å². The summed E-state index contributed by atoms with van der Waals surface area (Å²) in [6, 6.07) is 4.20. The van der Waals surface area contributed by atoms with Crippen molar-refractivity contribution in [1.29, 1.82) is 5.26 Å². The number of methoxy groups -OCH3 is 1. The highest BCUT2D eigenvalue weighted by atomic mass is 16.5. The van der Waals surface area contributed by atoms with E-state index in [0.29, 0.717) is 13.0 Å². The molecule has 1 aromatic rings. The molecule has 0 aromatic heterocycles. The van der Waals surface area contributed by atoms with Crippen LogP contribution in [0.15, 0.2) is 12.1 Å². The Labute approximate surface area is 141 Å². The van der Waals surface area contributed by atoms with Gasteiger partial charge in [-0.25, -0.2) is 0 Å².